The SMILES string of the molecule is CN1CCN(CC(=O)O)CCN(CC(=O)O)CCN(CC(CCCc2ccc(N=C=S)cc2)N(CC(=O)O)CC(=O)O)CC1. The average Bonchev–Trinajstić information content (AvgIpc) is 2.93. The van der Waals surface area contributed by atoms with Crippen molar-refractivity contribution < 1.29 is 39.6 Å². The molecular formula is C29H44N6O8S. The number of benzene rings is 1. The van der Waals surface area contributed by atoms with Gasteiger partial charge in [0.1, 0.15) is 0 Å². The molecule has 1 saturated heterocycles. The fraction of sp³-hybridized carbons (Fsp3) is 0.621. The summed E-state index contributed by atoms with van der Waals surface area (Å²) in [5.74, 6) is -4.15. The number of carboxylic acids is 4. The first-order valence-electron chi connectivity index (χ1n) is 14.6. The van der Waals surface area contributed by atoms with E-state index >= 15 is 0 Å². The van der Waals surface area contributed by atoms with E-state index in [2.05, 4.69) is 32.2 Å². The summed E-state index contributed by atoms with van der Waals surface area (Å²) in [6, 6.07) is 7.17. The molecule has 14 nitrogen and oxygen atoms in total. The molecule has 0 radical (unpaired) electrons. The number of aliphatic imine (C=N–C) groups is 1. The van der Waals surface area contributed by atoms with Gasteiger partial charge in [0.15, 0.2) is 0 Å². The van der Waals surface area contributed by atoms with Gasteiger partial charge in [-0.3, -0.25) is 38.8 Å². The van der Waals surface area contributed by atoms with Crippen LogP contribution in [0.4, 0.5) is 5.69 Å². The van der Waals surface area contributed by atoms with Crippen molar-refractivity contribution in [3.63, 3.8) is 0 Å². The smallest absolute Gasteiger partial charge is 0.317 e. The highest BCUT2D eigenvalue weighted by Crippen LogP contribution is 2.17. The Kier molecular flexibility index (Phi) is 16.7. The van der Waals surface area contributed by atoms with E-state index < -0.39 is 37.0 Å². The fourth-order valence-corrected chi connectivity index (χ4v) is 5.30. The fourth-order valence-electron chi connectivity index (χ4n) is 5.20. The Balaban J connectivity index is 2.23. The maximum Gasteiger partial charge on any atom is 0.317 e. The molecule has 1 atom stereocenters. The van der Waals surface area contributed by atoms with Gasteiger partial charge in [0.05, 0.1) is 37.0 Å². The van der Waals surface area contributed by atoms with E-state index in [1.807, 2.05) is 31.3 Å². The number of aryl methyl sites for hydroxylation is 1. The van der Waals surface area contributed by atoms with E-state index in [1.165, 1.54) is 4.90 Å². The summed E-state index contributed by atoms with van der Waals surface area (Å²) in [5.41, 5.74) is 1.76. The molecule has 1 unspecified atom stereocenters. The molecule has 1 aliphatic heterocycles. The zero-order chi connectivity index (χ0) is 32.5. The molecule has 0 amide bonds. The van der Waals surface area contributed by atoms with Crippen LogP contribution >= 0.6 is 12.2 Å². The minimum Gasteiger partial charge on any atom is -0.480 e. The van der Waals surface area contributed by atoms with Gasteiger partial charge in [-0.1, -0.05) is 12.1 Å². The molecule has 0 bridgehead atoms. The van der Waals surface area contributed by atoms with Crippen LogP contribution in [0.1, 0.15) is 18.4 Å². The number of aliphatic carboxylic acids is 4. The number of thiocarbonyl (C=S) groups is 1. The number of carboxylic acid groups (broad SMARTS) is 4. The van der Waals surface area contributed by atoms with Crippen LogP contribution < -0.4 is 0 Å². The third kappa shape index (κ3) is 15.4. The monoisotopic (exact) mass is 636 g/mol. The van der Waals surface area contributed by atoms with Crippen molar-refractivity contribution in [1.29, 1.82) is 0 Å². The molecule has 0 aromatic heterocycles. The molecule has 1 aromatic rings. The lowest BCUT2D eigenvalue weighted by Gasteiger charge is -2.36. The maximum absolute atomic E-state index is 11.7. The van der Waals surface area contributed by atoms with Gasteiger partial charge in [-0.25, -0.2) is 0 Å². The molecule has 1 fully saturated rings. The zero-order valence-corrected chi connectivity index (χ0v) is 26.0. The number of rotatable bonds is 16. The molecule has 1 heterocycles. The van der Waals surface area contributed by atoms with Gasteiger partial charge >= 0.3 is 23.9 Å². The topological polar surface area (TPSA) is 178 Å². The summed E-state index contributed by atoms with van der Waals surface area (Å²) < 4.78 is 0. The lowest BCUT2D eigenvalue weighted by molar-refractivity contribution is -0.143. The van der Waals surface area contributed by atoms with E-state index in [0.717, 1.165) is 5.56 Å². The second-order valence-electron chi connectivity index (χ2n) is 11.1. The highest BCUT2D eigenvalue weighted by atomic mass is 32.1. The Bertz CT molecular complexity index is 1120. The molecular weight excluding hydrogens is 592 g/mol. The number of carbonyl (C=O) groups is 4. The van der Waals surface area contributed by atoms with Gasteiger partial charge in [-0.2, -0.15) is 4.99 Å². The Hall–Kier alpha value is -3.30. The standard InChI is InChI=1S/C29H44N6O8S/c1-31-9-11-32(13-14-34(19-27(38)39)16-15-33(12-10-31)18-26(36)37)17-25(35(20-28(40)41)21-29(42)43)4-2-3-23-5-7-24(8-6-23)30-22-44/h5-8,25H,2-4,9-21H2,1H3,(H,36,37)(H,38,39)(H,40,41)(H,42,43). The maximum atomic E-state index is 11.7. The highest BCUT2D eigenvalue weighted by Gasteiger charge is 2.26. The van der Waals surface area contributed by atoms with Crippen molar-refractivity contribution in [3.8, 4) is 0 Å². The second kappa shape index (κ2) is 19.9. The van der Waals surface area contributed by atoms with Crippen molar-refractivity contribution in [2.45, 2.75) is 25.3 Å². The summed E-state index contributed by atoms with van der Waals surface area (Å²) in [6.07, 6.45) is 1.94. The molecule has 0 spiro atoms. The van der Waals surface area contributed by atoms with E-state index in [1.54, 1.807) is 9.80 Å². The van der Waals surface area contributed by atoms with Gasteiger partial charge in [0.2, 0.25) is 0 Å². The van der Waals surface area contributed by atoms with Crippen LogP contribution in [0.5, 0.6) is 0 Å². The van der Waals surface area contributed by atoms with Crippen LogP contribution in [0.3, 0.4) is 0 Å². The Morgan fingerprint density at radius 2 is 1.27 bits per heavy atom. The van der Waals surface area contributed by atoms with Crippen LogP contribution in [-0.4, -0.2) is 172 Å². The molecule has 0 saturated carbocycles. The van der Waals surface area contributed by atoms with E-state index in [-0.39, 0.29) is 19.1 Å². The third-order valence-corrected chi connectivity index (χ3v) is 7.65. The van der Waals surface area contributed by atoms with Crippen LogP contribution in [0.2, 0.25) is 0 Å². The summed E-state index contributed by atoms with van der Waals surface area (Å²) >= 11 is 4.65. The molecule has 1 aliphatic rings. The van der Waals surface area contributed by atoms with Crippen molar-refractivity contribution in [3.05, 3.63) is 29.8 Å². The minimum absolute atomic E-state index is 0.128. The van der Waals surface area contributed by atoms with Crippen LogP contribution in [0.25, 0.3) is 0 Å². The molecule has 4 N–H and O–H groups in total. The minimum atomic E-state index is -1.11. The van der Waals surface area contributed by atoms with Crippen LogP contribution in [0, 0.1) is 0 Å². The normalized spacial score (nSPS) is 17.2. The summed E-state index contributed by atoms with van der Waals surface area (Å²) in [7, 11) is 1.95. The lowest BCUT2D eigenvalue weighted by atomic mass is 10.0. The number of hydrogen-bond donors (Lipinski definition) is 4. The predicted molar refractivity (Wildman–Crippen MR) is 167 cm³/mol. The first-order valence-corrected chi connectivity index (χ1v) is 15.0. The summed E-state index contributed by atoms with van der Waals surface area (Å²) in [6.45, 7) is 3.25. The van der Waals surface area contributed by atoms with Crippen molar-refractivity contribution in [2.24, 2.45) is 4.99 Å². The second-order valence-corrected chi connectivity index (χ2v) is 11.2. The Morgan fingerprint density at radius 1 is 0.795 bits per heavy atom. The predicted octanol–water partition coefficient (Wildman–Crippen LogP) is 0.604. The van der Waals surface area contributed by atoms with Crippen molar-refractivity contribution in [1.82, 2.24) is 24.5 Å². The van der Waals surface area contributed by atoms with Gasteiger partial charge in [-0.05, 0) is 56.2 Å². The molecule has 1 aromatic carbocycles. The summed E-state index contributed by atoms with van der Waals surface area (Å²) in [5, 5.41) is 40.3. The first kappa shape index (κ1) is 36.9. The molecule has 15 heteroatoms. The third-order valence-electron chi connectivity index (χ3n) is 7.55. The number of nitrogens with zero attached hydrogens (tertiary/aromatic N) is 6. The largest absolute Gasteiger partial charge is 0.480 e. The van der Waals surface area contributed by atoms with Crippen molar-refractivity contribution in [2.75, 3.05) is 92.1 Å². The number of hydrogen-bond acceptors (Lipinski definition) is 11. The molecule has 0 aliphatic carbocycles. The van der Waals surface area contributed by atoms with Gasteiger partial charge < -0.3 is 25.3 Å². The van der Waals surface area contributed by atoms with Gasteiger partial charge in [0, 0.05) is 64.9 Å². The van der Waals surface area contributed by atoms with E-state index in [0.29, 0.717) is 83.9 Å². The lowest BCUT2D eigenvalue weighted by Crippen LogP contribution is -2.51. The first-order chi connectivity index (χ1) is 20.9. The van der Waals surface area contributed by atoms with Crippen molar-refractivity contribution >= 4 is 46.9 Å². The highest BCUT2D eigenvalue weighted by molar-refractivity contribution is 7.78. The van der Waals surface area contributed by atoms with Gasteiger partial charge in [0.25, 0.3) is 0 Å². The van der Waals surface area contributed by atoms with Crippen LogP contribution in [-0.2, 0) is 25.6 Å². The quantitative estimate of drug-likeness (QED) is 0.146. The molecule has 2 rings (SSSR count). The van der Waals surface area contributed by atoms with E-state index in [9.17, 15) is 39.6 Å². The Labute approximate surface area is 263 Å². The number of isothiocyanates is 1. The van der Waals surface area contributed by atoms with E-state index in [4.69, 9.17) is 0 Å². The van der Waals surface area contributed by atoms with Crippen LogP contribution in [0.15, 0.2) is 29.3 Å². The number of likely N-dealkylation sites (N-methyl/N-ethyl adjacent to an activating group) is 1. The Morgan fingerprint density at radius 3 is 1.75 bits per heavy atom. The zero-order valence-electron chi connectivity index (χ0n) is 25.2. The molecule has 244 valence electrons. The van der Waals surface area contributed by atoms with Gasteiger partial charge in [-0.15, -0.1) is 0 Å². The molecule has 44 heavy (non-hydrogen) atoms. The summed E-state index contributed by atoms with van der Waals surface area (Å²) in [4.78, 5) is 59.6. The average molecular weight is 637 g/mol.